The summed E-state index contributed by atoms with van der Waals surface area (Å²) in [6.45, 7) is 0.499. The standard InChI is InChI=1S/C16H19N3O6/c1-16(10-4-6-11(25-3)7-5-10)14(23)19(15(24)17-16)8-12(20)18(2)9-13(21)22/h4-7H,8-9H2,1-3H3,(H,17,24)(H,21,22). The second-order valence-electron chi connectivity index (χ2n) is 5.82. The number of urea groups is 1. The molecule has 0 radical (unpaired) electrons. The Bertz CT molecular complexity index is 717. The van der Waals surface area contributed by atoms with Gasteiger partial charge in [-0.2, -0.15) is 0 Å². The number of nitrogens with zero attached hydrogens (tertiary/aromatic N) is 2. The minimum absolute atomic E-state index is 0.516. The highest BCUT2D eigenvalue weighted by atomic mass is 16.5. The normalized spacial score (nSPS) is 19.6. The van der Waals surface area contributed by atoms with Crippen molar-refractivity contribution in [1.29, 1.82) is 0 Å². The maximum atomic E-state index is 12.7. The van der Waals surface area contributed by atoms with E-state index >= 15 is 0 Å². The number of hydrogen-bond acceptors (Lipinski definition) is 5. The third-order valence-electron chi connectivity index (χ3n) is 4.03. The van der Waals surface area contributed by atoms with Crippen LogP contribution in [0.15, 0.2) is 24.3 Å². The van der Waals surface area contributed by atoms with Crippen LogP contribution >= 0.6 is 0 Å². The van der Waals surface area contributed by atoms with Crippen LogP contribution < -0.4 is 10.1 Å². The number of likely N-dealkylation sites (N-methyl/N-ethyl adjacent to an activating group) is 1. The third kappa shape index (κ3) is 3.54. The summed E-state index contributed by atoms with van der Waals surface area (Å²) < 4.78 is 5.06. The Labute approximate surface area is 144 Å². The zero-order chi connectivity index (χ0) is 18.8. The highest BCUT2D eigenvalue weighted by Crippen LogP contribution is 2.29. The van der Waals surface area contributed by atoms with Gasteiger partial charge in [0.2, 0.25) is 5.91 Å². The molecule has 9 nitrogen and oxygen atoms in total. The number of hydrogen-bond donors (Lipinski definition) is 2. The Kier molecular flexibility index (Phi) is 4.96. The SMILES string of the molecule is COc1ccc(C2(C)NC(=O)N(CC(=O)N(C)CC(=O)O)C2=O)cc1. The van der Waals surface area contributed by atoms with E-state index in [-0.39, 0.29) is 0 Å². The van der Waals surface area contributed by atoms with Gasteiger partial charge in [0, 0.05) is 7.05 Å². The third-order valence-corrected chi connectivity index (χ3v) is 4.03. The van der Waals surface area contributed by atoms with Gasteiger partial charge >= 0.3 is 12.0 Å². The molecule has 1 atom stereocenters. The summed E-state index contributed by atoms with van der Waals surface area (Å²) in [6.07, 6.45) is 0. The second kappa shape index (κ2) is 6.80. The maximum Gasteiger partial charge on any atom is 0.325 e. The van der Waals surface area contributed by atoms with E-state index in [0.29, 0.717) is 11.3 Å². The minimum atomic E-state index is -1.31. The first-order valence-corrected chi connectivity index (χ1v) is 7.43. The fraction of sp³-hybridized carbons (Fsp3) is 0.375. The smallest absolute Gasteiger partial charge is 0.325 e. The largest absolute Gasteiger partial charge is 0.497 e. The summed E-state index contributed by atoms with van der Waals surface area (Å²) in [5.41, 5.74) is -0.768. The van der Waals surface area contributed by atoms with Crippen molar-refractivity contribution in [1.82, 2.24) is 15.1 Å². The van der Waals surface area contributed by atoms with Crippen LogP contribution in [0.1, 0.15) is 12.5 Å². The molecule has 2 N–H and O–H groups in total. The number of benzene rings is 1. The topological polar surface area (TPSA) is 116 Å². The molecular weight excluding hydrogens is 330 g/mol. The molecule has 134 valence electrons. The Hall–Kier alpha value is -3.10. The molecule has 1 fully saturated rings. The van der Waals surface area contributed by atoms with Crippen LogP contribution in [-0.2, 0) is 19.9 Å². The van der Waals surface area contributed by atoms with Gasteiger partial charge in [-0.25, -0.2) is 4.79 Å². The number of imide groups is 1. The van der Waals surface area contributed by atoms with E-state index in [1.54, 1.807) is 31.2 Å². The summed E-state index contributed by atoms with van der Waals surface area (Å²) in [4.78, 5) is 49.3. The molecule has 1 unspecified atom stereocenters. The predicted octanol–water partition coefficient (Wildman–Crippen LogP) is 0.00520. The molecule has 25 heavy (non-hydrogen) atoms. The van der Waals surface area contributed by atoms with E-state index in [0.717, 1.165) is 9.80 Å². The van der Waals surface area contributed by atoms with E-state index in [9.17, 15) is 19.2 Å². The number of amides is 4. The number of carboxylic acid groups (broad SMARTS) is 1. The molecule has 1 saturated heterocycles. The van der Waals surface area contributed by atoms with Gasteiger partial charge in [-0.15, -0.1) is 0 Å². The average molecular weight is 349 g/mol. The van der Waals surface area contributed by atoms with Gasteiger partial charge in [-0.3, -0.25) is 19.3 Å². The number of nitrogens with one attached hydrogen (secondary N) is 1. The molecular formula is C16H19N3O6. The first-order chi connectivity index (χ1) is 11.7. The van der Waals surface area contributed by atoms with Crippen LogP contribution in [0, 0.1) is 0 Å². The van der Waals surface area contributed by atoms with Gasteiger partial charge in [-0.1, -0.05) is 12.1 Å². The van der Waals surface area contributed by atoms with Gasteiger partial charge in [0.15, 0.2) is 0 Å². The molecule has 1 heterocycles. The van der Waals surface area contributed by atoms with E-state index < -0.39 is 42.4 Å². The fourth-order valence-electron chi connectivity index (χ4n) is 2.51. The lowest BCUT2D eigenvalue weighted by Crippen LogP contribution is -2.44. The molecule has 0 aliphatic carbocycles. The number of ether oxygens (including phenoxy) is 1. The average Bonchev–Trinajstić information content (AvgIpc) is 2.78. The molecule has 0 bridgehead atoms. The van der Waals surface area contributed by atoms with Crippen LogP contribution in [-0.4, -0.2) is 66.0 Å². The second-order valence-corrected chi connectivity index (χ2v) is 5.82. The van der Waals surface area contributed by atoms with E-state index in [4.69, 9.17) is 9.84 Å². The highest BCUT2D eigenvalue weighted by molar-refractivity contribution is 6.09. The molecule has 1 aliphatic rings. The fourth-order valence-corrected chi connectivity index (χ4v) is 2.51. The van der Waals surface area contributed by atoms with Crippen LogP contribution in [0.3, 0.4) is 0 Å². The van der Waals surface area contributed by atoms with Crippen LogP contribution in [0.4, 0.5) is 4.79 Å². The molecule has 0 spiro atoms. The lowest BCUT2D eigenvalue weighted by atomic mass is 9.92. The highest BCUT2D eigenvalue weighted by Gasteiger charge is 2.49. The zero-order valence-electron chi connectivity index (χ0n) is 14.1. The number of aliphatic carboxylic acids is 1. The number of carboxylic acids is 1. The molecule has 2 rings (SSSR count). The zero-order valence-corrected chi connectivity index (χ0v) is 14.1. The molecule has 0 aromatic heterocycles. The van der Waals surface area contributed by atoms with Gasteiger partial charge < -0.3 is 20.1 Å². The van der Waals surface area contributed by atoms with Gasteiger partial charge in [0.1, 0.15) is 24.4 Å². The van der Waals surface area contributed by atoms with Gasteiger partial charge in [-0.05, 0) is 24.6 Å². The van der Waals surface area contributed by atoms with Crippen LogP contribution in [0.25, 0.3) is 0 Å². The number of methoxy groups -OCH3 is 1. The van der Waals surface area contributed by atoms with Crippen LogP contribution in [0.5, 0.6) is 5.75 Å². The first kappa shape index (κ1) is 18.2. The summed E-state index contributed by atoms with van der Waals surface area (Å²) >= 11 is 0. The Morgan fingerprint density at radius 1 is 1.28 bits per heavy atom. The number of carbonyl (C=O) groups excluding carboxylic acids is 3. The molecule has 1 aromatic carbocycles. The summed E-state index contributed by atoms with van der Waals surface area (Å²) in [5, 5.41) is 11.3. The first-order valence-electron chi connectivity index (χ1n) is 7.43. The van der Waals surface area contributed by atoms with Crippen molar-refractivity contribution in [2.24, 2.45) is 0 Å². The molecule has 0 saturated carbocycles. The van der Waals surface area contributed by atoms with Crippen molar-refractivity contribution in [2.75, 3.05) is 27.2 Å². The van der Waals surface area contributed by atoms with E-state index in [2.05, 4.69) is 5.32 Å². The Balaban J connectivity index is 2.18. The van der Waals surface area contributed by atoms with Crippen molar-refractivity contribution < 1.29 is 29.0 Å². The van der Waals surface area contributed by atoms with Crippen LogP contribution in [0.2, 0.25) is 0 Å². The molecule has 9 heteroatoms. The maximum absolute atomic E-state index is 12.7. The molecule has 4 amide bonds. The number of rotatable bonds is 6. The predicted molar refractivity (Wildman–Crippen MR) is 85.9 cm³/mol. The van der Waals surface area contributed by atoms with E-state index in [1.165, 1.54) is 14.2 Å². The van der Waals surface area contributed by atoms with Crippen molar-refractivity contribution >= 4 is 23.8 Å². The molecule has 1 aliphatic heterocycles. The van der Waals surface area contributed by atoms with Gasteiger partial charge in [0.05, 0.1) is 7.11 Å². The lowest BCUT2D eigenvalue weighted by Gasteiger charge is -2.23. The minimum Gasteiger partial charge on any atom is -0.497 e. The van der Waals surface area contributed by atoms with E-state index in [1.807, 2.05) is 0 Å². The lowest BCUT2D eigenvalue weighted by molar-refractivity contribution is -0.144. The van der Waals surface area contributed by atoms with Crippen molar-refractivity contribution in [3.05, 3.63) is 29.8 Å². The Morgan fingerprint density at radius 3 is 2.40 bits per heavy atom. The summed E-state index contributed by atoms with van der Waals surface area (Å²) in [6, 6.07) is 5.92. The summed E-state index contributed by atoms with van der Waals surface area (Å²) in [5.74, 6) is -1.81. The number of carbonyl (C=O) groups is 4. The van der Waals surface area contributed by atoms with Crippen molar-refractivity contribution in [3.8, 4) is 5.75 Å². The monoisotopic (exact) mass is 349 g/mol. The van der Waals surface area contributed by atoms with Crippen molar-refractivity contribution in [3.63, 3.8) is 0 Å². The van der Waals surface area contributed by atoms with Crippen molar-refractivity contribution in [2.45, 2.75) is 12.5 Å². The Morgan fingerprint density at radius 2 is 1.88 bits per heavy atom. The quantitative estimate of drug-likeness (QED) is 0.699. The molecule has 1 aromatic rings. The van der Waals surface area contributed by atoms with Gasteiger partial charge in [0.25, 0.3) is 5.91 Å². The summed E-state index contributed by atoms with van der Waals surface area (Å²) in [7, 11) is 2.80.